The highest BCUT2D eigenvalue weighted by molar-refractivity contribution is 8.00. The molecule has 3 rings (SSSR count). The summed E-state index contributed by atoms with van der Waals surface area (Å²) in [6.07, 6.45) is -4.45. The van der Waals surface area contributed by atoms with Crippen molar-refractivity contribution in [3.8, 4) is 5.75 Å². The van der Waals surface area contributed by atoms with Crippen molar-refractivity contribution >= 4 is 23.4 Å². The first-order chi connectivity index (χ1) is 11.4. The molecule has 24 heavy (non-hydrogen) atoms. The third-order valence-electron chi connectivity index (χ3n) is 3.72. The molecule has 3 nitrogen and oxygen atoms in total. The molecule has 1 saturated heterocycles. The van der Waals surface area contributed by atoms with Crippen LogP contribution >= 0.6 is 11.8 Å². The Bertz CT molecular complexity index is 763. The van der Waals surface area contributed by atoms with Gasteiger partial charge in [-0.05, 0) is 24.3 Å². The zero-order chi connectivity index (χ0) is 17.3. The van der Waals surface area contributed by atoms with E-state index in [0.29, 0.717) is 5.75 Å². The first-order valence-electron chi connectivity index (χ1n) is 7.15. The molecule has 2 aromatic rings. The molecule has 2 aromatic carbocycles. The lowest BCUT2D eigenvalue weighted by atomic mass is 10.1. The van der Waals surface area contributed by atoms with Gasteiger partial charge in [-0.2, -0.15) is 13.2 Å². The summed E-state index contributed by atoms with van der Waals surface area (Å²) in [5.74, 6) is 0.579. The number of carbonyl (C=O) groups excluding carboxylic acids is 1. The molecule has 1 aliphatic rings. The molecule has 0 saturated carbocycles. The van der Waals surface area contributed by atoms with E-state index in [1.807, 2.05) is 12.1 Å². The molecule has 0 radical (unpaired) electrons. The smallest absolute Gasteiger partial charge is 0.416 e. The van der Waals surface area contributed by atoms with Crippen LogP contribution in [0.3, 0.4) is 0 Å². The van der Waals surface area contributed by atoms with Crippen LogP contribution in [-0.4, -0.2) is 18.8 Å². The van der Waals surface area contributed by atoms with E-state index >= 15 is 0 Å². The van der Waals surface area contributed by atoms with Crippen LogP contribution in [0.2, 0.25) is 0 Å². The molecule has 0 aromatic heterocycles. The fourth-order valence-electron chi connectivity index (χ4n) is 2.64. The third kappa shape index (κ3) is 3.08. The number of anilines is 1. The van der Waals surface area contributed by atoms with Gasteiger partial charge in [-0.1, -0.05) is 24.3 Å². The Hall–Kier alpha value is -2.15. The van der Waals surface area contributed by atoms with Crippen molar-refractivity contribution in [1.82, 2.24) is 0 Å². The molecule has 0 aliphatic carbocycles. The third-order valence-corrected chi connectivity index (χ3v) is 4.92. The average molecular weight is 353 g/mol. The minimum Gasteiger partial charge on any atom is -0.496 e. The van der Waals surface area contributed by atoms with Gasteiger partial charge in [0.05, 0.1) is 18.4 Å². The molecule has 0 N–H and O–H groups in total. The van der Waals surface area contributed by atoms with E-state index in [9.17, 15) is 18.0 Å². The van der Waals surface area contributed by atoms with Crippen LogP contribution in [0.15, 0.2) is 48.5 Å². The molecule has 1 unspecified atom stereocenters. The normalized spacial score (nSPS) is 18.1. The lowest BCUT2D eigenvalue weighted by Crippen LogP contribution is -2.28. The molecule has 126 valence electrons. The average Bonchev–Trinajstić information content (AvgIpc) is 2.95. The second kappa shape index (κ2) is 6.39. The molecule has 1 amide bonds. The van der Waals surface area contributed by atoms with E-state index in [4.69, 9.17) is 4.74 Å². The second-order valence-electron chi connectivity index (χ2n) is 5.22. The van der Waals surface area contributed by atoms with Crippen molar-refractivity contribution in [2.75, 3.05) is 17.8 Å². The van der Waals surface area contributed by atoms with Crippen molar-refractivity contribution in [3.05, 3.63) is 59.7 Å². The largest absolute Gasteiger partial charge is 0.496 e. The minimum atomic E-state index is -4.45. The van der Waals surface area contributed by atoms with Gasteiger partial charge in [0.2, 0.25) is 5.91 Å². The van der Waals surface area contributed by atoms with E-state index in [-0.39, 0.29) is 17.3 Å². The topological polar surface area (TPSA) is 29.5 Å². The van der Waals surface area contributed by atoms with Gasteiger partial charge in [-0.3, -0.25) is 9.69 Å². The number of alkyl halides is 3. The summed E-state index contributed by atoms with van der Waals surface area (Å²) < 4.78 is 44.2. The van der Waals surface area contributed by atoms with Gasteiger partial charge in [0.15, 0.2) is 0 Å². The van der Waals surface area contributed by atoms with Gasteiger partial charge in [0.1, 0.15) is 11.1 Å². The summed E-state index contributed by atoms with van der Waals surface area (Å²) in [5, 5.41) is -0.419. The molecule has 0 spiro atoms. The highest BCUT2D eigenvalue weighted by Crippen LogP contribution is 2.45. The van der Waals surface area contributed by atoms with Crippen LogP contribution in [0.25, 0.3) is 0 Å². The van der Waals surface area contributed by atoms with Gasteiger partial charge < -0.3 is 4.74 Å². The van der Waals surface area contributed by atoms with Crippen LogP contribution in [0.5, 0.6) is 5.75 Å². The van der Waals surface area contributed by atoms with Crippen molar-refractivity contribution in [2.24, 2.45) is 0 Å². The Kier molecular flexibility index (Phi) is 4.45. The van der Waals surface area contributed by atoms with Crippen LogP contribution < -0.4 is 9.64 Å². The number of ether oxygens (including phenoxy) is 1. The van der Waals surface area contributed by atoms with E-state index in [1.54, 1.807) is 12.1 Å². The monoisotopic (exact) mass is 353 g/mol. The number of amides is 1. The van der Waals surface area contributed by atoms with Gasteiger partial charge in [-0.15, -0.1) is 11.8 Å². The summed E-state index contributed by atoms with van der Waals surface area (Å²) in [6.45, 7) is 0. The van der Waals surface area contributed by atoms with Gasteiger partial charge >= 0.3 is 6.18 Å². The van der Waals surface area contributed by atoms with E-state index in [2.05, 4.69) is 0 Å². The fourth-order valence-corrected chi connectivity index (χ4v) is 3.84. The van der Waals surface area contributed by atoms with Gasteiger partial charge in [-0.25, -0.2) is 0 Å². The molecule has 1 heterocycles. The highest BCUT2D eigenvalue weighted by Gasteiger charge is 2.37. The van der Waals surface area contributed by atoms with Crippen LogP contribution in [0.4, 0.5) is 18.9 Å². The summed E-state index contributed by atoms with van der Waals surface area (Å²) >= 11 is 1.36. The van der Waals surface area contributed by atoms with Crippen LogP contribution in [0.1, 0.15) is 16.5 Å². The SMILES string of the molecule is COc1ccccc1C1SCC(=O)N1c1cccc(C(F)(F)F)c1. The van der Waals surface area contributed by atoms with Crippen LogP contribution in [-0.2, 0) is 11.0 Å². The number of hydrogen-bond acceptors (Lipinski definition) is 3. The first kappa shape index (κ1) is 16.7. The number of thioether (sulfide) groups is 1. The molecule has 0 bridgehead atoms. The zero-order valence-electron chi connectivity index (χ0n) is 12.7. The summed E-state index contributed by atoms with van der Waals surface area (Å²) in [6, 6.07) is 12.0. The Morgan fingerprint density at radius 2 is 1.92 bits per heavy atom. The van der Waals surface area contributed by atoms with E-state index in [1.165, 1.54) is 35.9 Å². The zero-order valence-corrected chi connectivity index (χ0v) is 13.5. The number of hydrogen-bond donors (Lipinski definition) is 0. The number of nitrogens with zero attached hydrogens (tertiary/aromatic N) is 1. The maximum atomic E-state index is 13.0. The van der Waals surface area contributed by atoms with Crippen molar-refractivity contribution in [3.63, 3.8) is 0 Å². The first-order valence-corrected chi connectivity index (χ1v) is 8.20. The number of halogens is 3. The summed E-state index contributed by atoms with van der Waals surface area (Å²) in [7, 11) is 1.52. The Labute approximate surface area is 141 Å². The number of carbonyl (C=O) groups is 1. The van der Waals surface area contributed by atoms with E-state index < -0.39 is 17.1 Å². The quantitative estimate of drug-likeness (QED) is 0.814. The molecule has 1 fully saturated rings. The van der Waals surface area contributed by atoms with Gasteiger partial charge in [0.25, 0.3) is 0 Å². The van der Waals surface area contributed by atoms with Crippen molar-refractivity contribution in [2.45, 2.75) is 11.6 Å². The maximum absolute atomic E-state index is 13.0. The predicted molar refractivity (Wildman–Crippen MR) is 87.1 cm³/mol. The minimum absolute atomic E-state index is 0.207. The second-order valence-corrected chi connectivity index (χ2v) is 6.29. The van der Waals surface area contributed by atoms with E-state index in [0.717, 1.165) is 17.7 Å². The number of para-hydroxylation sites is 1. The maximum Gasteiger partial charge on any atom is 0.416 e. The Morgan fingerprint density at radius 3 is 2.62 bits per heavy atom. The van der Waals surface area contributed by atoms with Gasteiger partial charge in [0, 0.05) is 11.3 Å². The Morgan fingerprint density at radius 1 is 1.17 bits per heavy atom. The molecule has 1 atom stereocenters. The standard InChI is InChI=1S/C17H14F3NO2S/c1-23-14-8-3-2-7-13(14)16-21(15(22)10-24-16)12-6-4-5-11(9-12)17(18,19)20/h2-9,16H,10H2,1H3. The summed E-state index contributed by atoms with van der Waals surface area (Å²) in [4.78, 5) is 13.7. The Balaban J connectivity index is 2.03. The summed E-state index contributed by atoms with van der Waals surface area (Å²) in [5.41, 5.74) is 0.215. The van der Waals surface area contributed by atoms with Crippen molar-refractivity contribution in [1.29, 1.82) is 0 Å². The molecule has 1 aliphatic heterocycles. The molecular weight excluding hydrogens is 339 g/mol. The number of benzene rings is 2. The van der Waals surface area contributed by atoms with Crippen LogP contribution in [0, 0.1) is 0 Å². The predicted octanol–water partition coefficient (Wildman–Crippen LogP) is 4.49. The molecule has 7 heteroatoms. The molecular formula is C17H14F3NO2S. The lowest BCUT2D eigenvalue weighted by molar-refractivity contribution is -0.137. The highest BCUT2D eigenvalue weighted by atomic mass is 32.2. The fraction of sp³-hybridized carbons (Fsp3) is 0.235. The van der Waals surface area contributed by atoms with Crippen molar-refractivity contribution < 1.29 is 22.7 Å². The number of rotatable bonds is 3. The number of methoxy groups -OCH3 is 1. The lowest BCUT2D eigenvalue weighted by Gasteiger charge is -2.26.